The summed E-state index contributed by atoms with van der Waals surface area (Å²) < 4.78 is 67.3. The number of fused-ring (bicyclic) bond motifs is 3. The lowest BCUT2D eigenvalue weighted by molar-refractivity contribution is -0.140. The highest BCUT2D eigenvalue weighted by atomic mass is 32.2. The summed E-state index contributed by atoms with van der Waals surface area (Å²) in [6, 6.07) is 9.84. The minimum atomic E-state index is -4.31. The summed E-state index contributed by atoms with van der Waals surface area (Å²) in [6.07, 6.45) is 4.76. The van der Waals surface area contributed by atoms with E-state index in [2.05, 4.69) is 9.71 Å². The molecule has 0 spiro atoms. The number of amides is 1. The minimum Gasteiger partial charge on any atom is -0.511 e. The molecule has 3 aliphatic carbocycles. The molecule has 0 saturated heterocycles. The maximum Gasteiger partial charge on any atom is 0.286 e. The first-order valence-electron chi connectivity index (χ1n) is 12.8. The predicted molar refractivity (Wildman–Crippen MR) is 143 cm³/mol. The number of halogens is 1. The van der Waals surface area contributed by atoms with Crippen molar-refractivity contribution in [3.05, 3.63) is 70.7 Å². The van der Waals surface area contributed by atoms with Crippen LogP contribution in [-0.2, 0) is 37.0 Å². The fourth-order valence-corrected chi connectivity index (χ4v) is 8.65. The van der Waals surface area contributed by atoms with E-state index in [1.165, 1.54) is 30.3 Å². The molecule has 39 heavy (non-hydrogen) atoms. The Kier molecular flexibility index (Phi) is 6.10. The molecule has 0 radical (unpaired) electrons. The molecule has 7 rings (SSSR count). The number of sulfone groups is 1. The van der Waals surface area contributed by atoms with Gasteiger partial charge in [-0.05, 0) is 72.9 Å². The lowest BCUT2D eigenvalue weighted by Crippen LogP contribution is -2.60. The Bertz CT molecular complexity index is 1640. The van der Waals surface area contributed by atoms with Crippen molar-refractivity contribution < 1.29 is 31.1 Å². The van der Waals surface area contributed by atoms with Crippen molar-refractivity contribution in [2.24, 2.45) is 22.2 Å². The third kappa shape index (κ3) is 4.63. The second-order valence-electron chi connectivity index (χ2n) is 11.0. The van der Waals surface area contributed by atoms with E-state index in [-0.39, 0.29) is 69.7 Å². The lowest BCUT2D eigenvalue weighted by atomic mass is 9.59. The van der Waals surface area contributed by atoms with E-state index < -0.39 is 25.8 Å². The Morgan fingerprint density at radius 1 is 1.05 bits per heavy atom. The number of carbonyl (C=O) groups is 1. The third-order valence-electron chi connectivity index (χ3n) is 8.30. The first kappa shape index (κ1) is 26.0. The molecule has 2 atom stereocenters. The fraction of sp³-hybridized carbons (Fsp3) is 0.407. The average Bonchev–Trinajstić information content (AvgIpc) is 2.87. The largest absolute Gasteiger partial charge is 0.511 e. The van der Waals surface area contributed by atoms with Crippen molar-refractivity contribution in [2.45, 2.75) is 48.9 Å². The molecule has 0 aromatic heterocycles. The molecule has 2 N–H and O–H groups in total. The zero-order valence-electron chi connectivity index (χ0n) is 21.2. The van der Waals surface area contributed by atoms with Gasteiger partial charge in [0.25, 0.3) is 15.9 Å². The van der Waals surface area contributed by atoms with Gasteiger partial charge in [-0.3, -0.25) is 4.79 Å². The van der Waals surface area contributed by atoms with Crippen LogP contribution in [0.5, 0.6) is 0 Å². The van der Waals surface area contributed by atoms with Crippen LogP contribution < -0.4 is 5.32 Å². The van der Waals surface area contributed by atoms with Gasteiger partial charge in [0.05, 0.1) is 11.4 Å². The molecule has 2 aliphatic heterocycles. The smallest absolute Gasteiger partial charge is 0.286 e. The topological polar surface area (TPSA) is 133 Å². The first-order valence-corrected chi connectivity index (χ1v) is 16.3. The van der Waals surface area contributed by atoms with Crippen LogP contribution in [-0.4, -0.2) is 50.9 Å². The Hall–Kier alpha value is -3.25. The summed E-state index contributed by atoms with van der Waals surface area (Å²) >= 11 is 0. The second kappa shape index (κ2) is 9.16. The zero-order chi connectivity index (χ0) is 27.7. The highest BCUT2D eigenvalue weighted by Gasteiger charge is 2.54. The van der Waals surface area contributed by atoms with E-state index in [9.17, 15) is 31.1 Å². The molecule has 206 valence electrons. The molecule has 1 amide bonds. The van der Waals surface area contributed by atoms with Crippen molar-refractivity contribution >= 4 is 37.3 Å². The molecule has 0 unspecified atom stereocenters. The number of hydrogen-bond acceptors (Lipinski definition) is 7. The molecule has 9 nitrogen and oxygen atoms in total. The van der Waals surface area contributed by atoms with E-state index in [1.54, 1.807) is 17.0 Å². The summed E-state index contributed by atoms with van der Waals surface area (Å²) in [4.78, 5) is 15.5. The summed E-state index contributed by atoms with van der Waals surface area (Å²) in [5, 5.41) is 14.4. The highest BCUT2D eigenvalue weighted by Crippen LogP contribution is 2.52. The number of anilines is 1. The average molecular weight is 574 g/mol. The van der Waals surface area contributed by atoms with Crippen LogP contribution in [0.25, 0.3) is 0 Å². The molecule has 3 fully saturated rings. The highest BCUT2D eigenvalue weighted by molar-refractivity contribution is 7.90. The number of rotatable bonds is 5. The number of benzene rings is 2. The van der Waals surface area contributed by atoms with Crippen LogP contribution in [0, 0.1) is 23.6 Å². The second-order valence-corrected chi connectivity index (χ2v) is 14.7. The monoisotopic (exact) mass is 573 g/mol. The van der Waals surface area contributed by atoms with Crippen molar-refractivity contribution in [3.8, 4) is 0 Å². The molecular weight excluding hydrogens is 545 g/mol. The Morgan fingerprint density at radius 3 is 2.36 bits per heavy atom. The van der Waals surface area contributed by atoms with Gasteiger partial charge < -0.3 is 15.3 Å². The molecule has 2 aromatic rings. The maximum atomic E-state index is 14.0. The molecular formula is C27H28FN3O6S2. The van der Waals surface area contributed by atoms with Gasteiger partial charge in [0, 0.05) is 24.8 Å². The number of nitrogens with zero attached hydrogens (tertiary/aromatic N) is 2. The van der Waals surface area contributed by atoms with E-state index in [4.69, 9.17) is 0 Å². The van der Waals surface area contributed by atoms with Crippen LogP contribution in [0.4, 0.5) is 10.1 Å². The van der Waals surface area contributed by atoms with Gasteiger partial charge in [-0.2, -0.15) is 8.42 Å². The molecule has 2 heterocycles. The Balaban J connectivity index is 1.42. The van der Waals surface area contributed by atoms with Crippen LogP contribution >= 0.6 is 0 Å². The SMILES string of the molecule is CS(=O)(=O)Cc1ccc2c(c1)S(=O)(=O)N=C(C1=C(O)[C@@H]3C4CCC(CC4)[C@@H]3N(Cc3ccc(F)cc3)C1=O)N2. The first-order chi connectivity index (χ1) is 18.4. The van der Waals surface area contributed by atoms with Gasteiger partial charge in [-0.25, -0.2) is 12.8 Å². The molecule has 3 saturated carbocycles. The van der Waals surface area contributed by atoms with E-state index in [1.807, 2.05) is 0 Å². The van der Waals surface area contributed by atoms with Crippen molar-refractivity contribution in [1.82, 2.24) is 4.90 Å². The summed E-state index contributed by atoms with van der Waals surface area (Å²) in [5.74, 6) is -1.67. The summed E-state index contributed by atoms with van der Waals surface area (Å²) in [7, 11) is -7.71. The van der Waals surface area contributed by atoms with Crippen molar-refractivity contribution in [2.75, 3.05) is 11.6 Å². The van der Waals surface area contributed by atoms with Crippen LogP contribution in [0.15, 0.2) is 63.1 Å². The molecule has 12 heteroatoms. The number of carbonyl (C=O) groups excluding carboxylic acids is 1. The van der Waals surface area contributed by atoms with E-state index in [0.29, 0.717) is 5.56 Å². The number of aliphatic hydroxyl groups is 1. The fourth-order valence-electron chi connectivity index (χ4n) is 6.70. The lowest BCUT2D eigenvalue weighted by Gasteiger charge is -2.54. The normalized spacial score (nSPS) is 27.5. The Morgan fingerprint density at radius 2 is 1.69 bits per heavy atom. The number of sulfonamides is 1. The number of amidine groups is 1. The van der Waals surface area contributed by atoms with Crippen LogP contribution in [0.1, 0.15) is 36.8 Å². The summed E-state index contributed by atoms with van der Waals surface area (Å²) in [6.45, 7) is 0.186. The number of hydrogen-bond donors (Lipinski definition) is 2. The van der Waals surface area contributed by atoms with Crippen molar-refractivity contribution in [1.29, 1.82) is 0 Å². The summed E-state index contributed by atoms with van der Waals surface area (Å²) in [5.41, 5.74) is 0.978. The third-order valence-corrected chi connectivity index (χ3v) is 10.5. The van der Waals surface area contributed by atoms with Gasteiger partial charge >= 0.3 is 0 Å². The van der Waals surface area contributed by atoms with E-state index in [0.717, 1.165) is 37.5 Å². The molecule has 2 aromatic carbocycles. The number of aliphatic hydroxyl groups excluding tert-OH is 1. The van der Waals surface area contributed by atoms with Gasteiger partial charge in [-0.15, -0.1) is 4.40 Å². The van der Waals surface area contributed by atoms with E-state index >= 15 is 0 Å². The maximum absolute atomic E-state index is 14.0. The Labute approximate surface area is 226 Å². The zero-order valence-corrected chi connectivity index (χ0v) is 22.8. The predicted octanol–water partition coefficient (Wildman–Crippen LogP) is 3.54. The van der Waals surface area contributed by atoms with Crippen LogP contribution in [0.2, 0.25) is 0 Å². The van der Waals surface area contributed by atoms with Gasteiger partial charge in [0.1, 0.15) is 22.0 Å². The molecule has 5 aliphatic rings. The van der Waals surface area contributed by atoms with Gasteiger partial charge in [0.15, 0.2) is 15.7 Å². The van der Waals surface area contributed by atoms with Gasteiger partial charge in [-0.1, -0.05) is 18.2 Å². The molecule has 2 bridgehead atoms. The number of nitrogens with one attached hydrogen (secondary N) is 1. The van der Waals surface area contributed by atoms with Crippen molar-refractivity contribution in [3.63, 3.8) is 0 Å². The standard InChI is InChI=1S/C27H28FN3O6S2/c1-38(34,35)14-16-4-11-20-21(12-16)39(36,37)30-26(29-20)23-25(32)22-17-5-7-18(8-6-17)24(22)31(27(23)33)13-15-2-9-19(28)10-3-15/h2-4,9-12,17-18,22,24,32H,5-8,13-14H2,1H3,(H,29,30)/t17?,18?,22-,24+/m1/s1. The minimum absolute atomic E-state index is 0.141. The van der Waals surface area contributed by atoms with Crippen LogP contribution in [0.3, 0.4) is 0 Å². The van der Waals surface area contributed by atoms with Gasteiger partial charge in [0.2, 0.25) is 0 Å². The quantitative estimate of drug-likeness (QED) is 0.559.